The number of aromatic hydroxyl groups is 1. The summed E-state index contributed by atoms with van der Waals surface area (Å²) in [6, 6.07) is 5.61. The molecule has 1 aromatic carbocycles. The number of benzene rings is 1. The predicted molar refractivity (Wildman–Crippen MR) is 55.7 cm³/mol. The molecule has 2 nitrogen and oxygen atoms in total. The average molecular weight is 242 g/mol. The fourth-order valence-corrected chi connectivity index (χ4v) is 2.27. The Morgan fingerprint density at radius 1 is 1.54 bits per heavy atom. The zero-order chi connectivity index (χ0) is 9.42. The molecular formula is C10H12BrNO. The molecule has 3 heteroatoms. The first-order valence-corrected chi connectivity index (χ1v) is 5.20. The van der Waals surface area contributed by atoms with Crippen molar-refractivity contribution < 1.29 is 5.11 Å². The van der Waals surface area contributed by atoms with Crippen molar-refractivity contribution in [2.75, 3.05) is 6.54 Å². The van der Waals surface area contributed by atoms with Crippen LogP contribution < -0.4 is 5.73 Å². The fraction of sp³-hybridized carbons (Fsp3) is 0.400. The molecule has 0 amide bonds. The predicted octanol–water partition coefficient (Wildman–Crippen LogP) is 2.22. The molecule has 1 fully saturated rings. The maximum absolute atomic E-state index is 9.46. The van der Waals surface area contributed by atoms with Gasteiger partial charge in [0.1, 0.15) is 5.75 Å². The van der Waals surface area contributed by atoms with Crippen molar-refractivity contribution in [3.8, 4) is 5.75 Å². The topological polar surface area (TPSA) is 46.2 Å². The van der Waals surface area contributed by atoms with Crippen molar-refractivity contribution in [3.63, 3.8) is 0 Å². The first-order chi connectivity index (χ1) is 6.24. The molecule has 1 aliphatic carbocycles. The van der Waals surface area contributed by atoms with Gasteiger partial charge in [-0.1, -0.05) is 12.1 Å². The minimum atomic E-state index is 0.320. The van der Waals surface area contributed by atoms with Gasteiger partial charge in [-0.2, -0.15) is 0 Å². The molecule has 3 N–H and O–H groups in total. The van der Waals surface area contributed by atoms with E-state index in [1.54, 1.807) is 6.07 Å². The van der Waals surface area contributed by atoms with Crippen LogP contribution in [0.1, 0.15) is 17.9 Å². The summed E-state index contributed by atoms with van der Waals surface area (Å²) in [7, 11) is 0. The number of phenolic OH excluding ortho intramolecular Hbond substituents is 1. The highest BCUT2D eigenvalue weighted by atomic mass is 79.9. The lowest BCUT2D eigenvalue weighted by molar-refractivity contribution is 0.471. The van der Waals surface area contributed by atoms with Crippen molar-refractivity contribution in [2.45, 2.75) is 12.3 Å². The Kier molecular flexibility index (Phi) is 2.30. The van der Waals surface area contributed by atoms with Crippen molar-refractivity contribution >= 4 is 15.9 Å². The molecule has 0 bridgehead atoms. The molecule has 0 saturated heterocycles. The van der Waals surface area contributed by atoms with E-state index in [0.717, 1.165) is 17.4 Å². The van der Waals surface area contributed by atoms with Gasteiger partial charge in [-0.05, 0) is 52.4 Å². The minimum absolute atomic E-state index is 0.320. The van der Waals surface area contributed by atoms with Gasteiger partial charge in [-0.25, -0.2) is 0 Å². The molecule has 0 radical (unpaired) electrons. The summed E-state index contributed by atoms with van der Waals surface area (Å²) in [4.78, 5) is 0. The van der Waals surface area contributed by atoms with E-state index in [9.17, 15) is 5.11 Å². The molecule has 70 valence electrons. The summed E-state index contributed by atoms with van der Waals surface area (Å²) in [6.45, 7) is 0.743. The Balaban J connectivity index is 2.27. The van der Waals surface area contributed by atoms with E-state index in [-0.39, 0.29) is 0 Å². The van der Waals surface area contributed by atoms with Crippen molar-refractivity contribution in [1.82, 2.24) is 0 Å². The normalized spacial score (nSPS) is 26.0. The van der Waals surface area contributed by atoms with Gasteiger partial charge in [-0.15, -0.1) is 0 Å². The monoisotopic (exact) mass is 241 g/mol. The van der Waals surface area contributed by atoms with E-state index >= 15 is 0 Å². The van der Waals surface area contributed by atoms with Crippen LogP contribution >= 0.6 is 15.9 Å². The summed E-state index contributed by atoms with van der Waals surface area (Å²) in [5.41, 5.74) is 6.76. The van der Waals surface area contributed by atoms with E-state index in [2.05, 4.69) is 15.9 Å². The first kappa shape index (κ1) is 9.03. The highest BCUT2D eigenvalue weighted by Gasteiger charge is 2.38. The third-order valence-electron chi connectivity index (χ3n) is 2.63. The lowest BCUT2D eigenvalue weighted by Gasteiger charge is -2.04. The number of hydrogen-bond donors (Lipinski definition) is 2. The molecule has 13 heavy (non-hydrogen) atoms. The van der Waals surface area contributed by atoms with E-state index in [4.69, 9.17) is 5.73 Å². The molecule has 2 rings (SSSR count). The second kappa shape index (κ2) is 3.31. The number of hydrogen-bond acceptors (Lipinski definition) is 2. The molecule has 0 aliphatic heterocycles. The van der Waals surface area contributed by atoms with Gasteiger partial charge in [0, 0.05) is 0 Å². The van der Waals surface area contributed by atoms with Crippen LogP contribution in [0.4, 0.5) is 0 Å². The maximum atomic E-state index is 9.46. The van der Waals surface area contributed by atoms with Crippen LogP contribution in [0.5, 0.6) is 5.75 Å². The number of halogens is 1. The molecule has 0 heterocycles. The lowest BCUT2D eigenvalue weighted by atomic mass is 10.1. The third kappa shape index (κ3) is 1.58. The lowest BCUT2D eigenvalue weighted by Crippen LogP contribution is -2.02. The molecule has 0 unspecified atom stereocenters. The molecule has 0 aromatic heterocycles. The van der Waals surface area contributed by atoms with Crippen molar-refractivity contribution in [3.05, 3.63) is 28.2 Å². The van der Waals surface area contributed by atoms with Crippen LogP contribution in [0.2, 0.25) is 0 Å². The van der Waals surface area contributed by atoms with Crippen molar-refractivity contribution in [2.24, 2.45) is 11.7 Å². The number of rotatable bonds is 2. The van der Waals surface area contributed by atoms with Crippen LogP contribution in [0.3, 0.4) is 0 Å². The largest absolute Gasteiger partial charge is 0.507 e. The Morgan fingerprint density at radius 3 is 2.92 bits per heavy atom. The van der Waals surface area contributed by atoms with Gasteiger partial charge in [0.2, 0.25) is 0 Å². The summed E-state index contributed by atoms with van der Waals surface area (Å²) < 4.78 is 0.830. The van der Waals surface area contributed by atoms with Crippen LogP contribution in [-0.2, 0) is 0 Å². The summed E-state index contributed by atoms with van der Waals surface area (Å²) in [6.07, 6.45) is 1.15. The van der Waals surface area contributed by atoms with Gasteiger partial charge >= 0.3 is 0 Å². The molecule has 1 aliphatic rings. The molecular weight excluding hydrogens is 230 g/mol. The smallest absolute Gasteiger partial charge is 0.130 e. The van der Waals surface area contributed by atoms with Gasteiger partial charge in [-0.3, -0.25) is 0 Å². The second-order valence-corrected chi connectivity index (χ2v) is 4.31. The minimum Gasteiger partial charge on any atom is -0.507 e. The van der Waals surface area contributed by atoms with Gasteiger partial charge in [0.05, 0.1) is 4.47 Å². The second-order valence-electron chi connectivity index (χ2n) is 3.52. The Morgan fingerprint density at radius 2 is 2.31 bits per heavy atom. The quantitative estimate of drug-likeness (QED) is 0.835. The highest BCUT2D eigenvalue weighted by molar-refractivity contribution is 9.10. The van der Waals surface area contributed by atoms with Gasteiger partial charge in [0.15, 0.2) is 0 Å². The Hall–Kier alpha value is -0.540. The Labute approximate surface area is 85.9 Å². The molecule has 1 aromatic rings. The zero-order valence-electron chi connectivity index (χ0n) is 7.20. The van der Waals surface area contributed by atoms with E-state index in [1.165, 1.54) is 5.56 Å². The molecule has 2 atom stereocenters. The summed E-state index contributed by atoms with van der Waals surface area (Å²) in [5.74, 6) is 1.48. The number of nitrogens with two attached hydrogens (primary N) is 1. The van der Waals surface area contributed by atoms with Gasteiger partial charge in [0.25, 0.3) is 0 Å². The standard InChI is InChI=1S/C10H12BrNO/c11-10-7(2-1-3-9(10)13)8-4-6(8)5-12/h1-3,6,8,13H,4-5,12H2/t6-,8+/m0/s1. The van der Waals surface area contributed by atoms with Crippen LogP contribution in [0.25, 0.3) is 0 Å². The summed E-state index contributed by atoms with van der Waals surface area (Å²) in [5, 5.41) is 9.46. The number of phenols is 1. The van der Waals surface area contributed by atoms with Crippen LogP contribution in [0, 0.1) is 5.92 Å². The zero-order valence-corrected chi connectivity index (χ0v) is 8.79. The van der Waals surface area contributed by atoms with E-state index in [0.29, 0.717) is 17.6 Å². The Bertz CT molecular complexity index is 327. The van der Waals surface area contributed by atoms with Crippen molar-refractivity contribution in [1.29, 1.82) is 0 Å². The summed E-state index contributed by atoms with van der Waals surface area (Å²) >= 11 is 3.39. The van der Waals surface area contributed by atoms with E-state index in [1.807, 2.05) is 12.1 Å². The molecule has 0 spiro atoms. The maximum Gasteiger partial charge on any atom is 0.130 e. The van der Waals surface area contributed by atoms with Crippen LogP contribution in [0.15, 0.2) is 22.7 Å². The van der Waals surface area contributed by atoms with E-state index < -0.39 is 0 Å². The first-order valence-electron chi connectivity index (χ1n) is 4.41. The fourth-order valence-electron chi connectivity index (χ4n) is 1.71. The SMILES string of the molecule is NC[C@@H]1C[C@H]1c1cccc(O)c1Br. The average Bonchev–Trinajstić information content (AvgIpc) is 2.89. The molecule has 1 saturated carbocycles. The van der Waals surface area contributed by atoms with Gasteiger partial charge < -0.3 is 10.8 Å². The third-order valence-corrected chi connectivity index (χ3v) is 3.50. The highest BCUT2D eigenvalue weighted by Crippen LogP contribution is 2.50. The van der Waals surface area contributed by atoms with Crippen LogP contribution in [-0.4, -0.2) is 11.7 Å².